The Hall–Kier alpha value is -2.58. The van der Waals surface area contributed by atoms with Crippen LogP contribution in [0.4, 0.5) is 5.69 Å². The highest BCUT2D eigenvalue weighted by Crippen LogP contribution is 2.21. The number of carbonyl (C=O) groups is 1. The minimum absolute atomic E-state index is 0.0937. The molecule has 1 aliphatic heterocycles. The molecule has 1 aliphatic rings. The third kappa shape index (κ3) is 6.45. The summed E-state index contributed by atoms with van der Waals surface area (Å²) in [6.45, 7) is 8.04. The predicted octanol–water partition coefficient (Wildman–Crippen LogP) is 3.20. The van der Waals surface area contributed by atoms with Gasteiger partial charge < -0.3 is 15.0 Å². The molecule has 0 radical (unpaired) electrons. The zero-order valence-electron chi connectivity index (χ0n) is 18.3. The molecule has 0 aromatic heterocycles. The molecule has 168 valence electrons. The molecule has 0 spiro atoms. The van der Waals surface area contributed by atoms with Crippen molar-refractivity contribution in [3.63, 3.8) is 0 Å². The monoisotopic (exact) mass is 445 g/mol. The molecule has 1 amide bonds. The van der Waals surface area contributed by atoms with Crippen molar-refractivity contribution in [2.24, 2.45) is 11.8 Å². The maximum absolute atomic E-state index is 12.6. The van der Waals surface area contributed by atoms with E-state index in [1.54, 1.807) is 31.4 Å². The Morgan fingerprint density at radius 2 is 1.65 bits per heavy atom. The van der Waals surface area contributed by atoms with E-state index in [1.165, 1.54) is 30.7 Å². The van der Waals surface area contributed by atoms with Gasteiger partial charge in [-0.15, -0.1) is 0 Å². The topological polar surface area (TPSA) is 87.7 Å². The minimum Gasteiger partial charge on any atom is -0.497 e. The van der Waals surface area contributed by atoms with Crippen molar-refractivity contribution in [1.82, 2.24) is 10.2 Å². The van der Waals surface area contributed by atoms with Crippen LogP contribution in [0.5, 0.6) is 5.75 Å². The lowest BCUT2D eigenvalue weighted by molar-refractivity contribution is 0.0936. The minimum atomic E-state index is -3.75. The molecule has 0 unspecified atom stereocenters. The van der Waals surface area contributed by atoms with Gasteiger partial charge in [0.25, 0.3) is 15.9 Å². The number of carbonyl (C=O) groups excluding carboxylic acids is 1. The van der Waals surface area contributed by atoms with Crippen LogP contribution >= 0.6 is 0 Å². The van der Waals surface area contributed by atoms with Crippen LogP contribution in [0.15, 0.2) is 53.4 Å². The summed E-state index contributed by atoms with van der Waals surface area (Å²) in [5, 5.41) is 2.93. The van der Waals surface area contributed by atoms with Gasteiger partial charge in [-0.25, -0.2) is 8.42 Å². The summed E-state index contributed by atoms with van der Waals surface area (Å²) in [5.41, 5.74) is 0.868. The molecule has 0 bridgehead atoms. The third-order valence-electron chi connectivity index (χ3n) is 5.43. The number of hydrogen-bond donors (Lipinski definition) is 2. The Kier molecular flexibility index (Phi) is 7.56. The van der Waals surface area contributed by atoms with Crippen LogP contribution in [0.2, 0.25) is 0 Å². The van der Waals surface area contributed by atoms with Crippen LogP contribution in [0, 0.1) is 11.8 Å². The van der Waals surface area contributed by atoms with Crippen LogP contribution in [0.25, 0.3) is 0 Å². The molecule has 31 heavy (non-hydrogen) atoms. The molecular weight excluding hydrogens is 414 g/mol. The first-order valence-corrected chi connectivity index (χ1v) is 12.0. The average Bonchev–Trinajstić information content (AvgIpc) is 2.73. The number of piperidine rings is 1. The summed E-state index contributed by atoms with van der Waals surface area (Å²) in [6.07, 6.45) is 1.26. The second-order valence-corrected chi connectivity index (χ2v) is 10.0. The highest BCUT2D eigenvalue weighted by molar-refractivity contribution is 7.92. The molecule has 2 atom stereocenters. The molecule has 1 heterocycles. The number of likely N-dealkylation sites (tertiary alicyclic amines) is 1. The molecule has 2 aromatic carbocycles. The van der Waals surface area contributed by atoms with Crippen LogP contribution in [-0.2, 0) is 10.0 Å². The third-order valence-corrected chi connectivity index (χ3v) is 6.82. The van der Waals surface area contributed by atoms with Crippen molar-refractivity contribution < 1.29 is 17.9 Å². The van der Waals surface area contributed by atoms with E-state index in [2.05, 4.69) is 28.8 Å². The van der Waals surface area contributed by atoms with Gasteiger partial charge in [0.1, 0.15) is 5.75 Å². The summed E-state index contributed by atoms with van der Waals surface area (Å²) in [5.74, 6) is 1.80. The molecule has 0 aliphatic carbocycles. The van der Waals surface area contributed by atoms with Gasteiger partial charge in [0.05, 0.1) is 12.0 Å². The van der Waals surface area contributed by atoms with Gasteiger partial charge in [-0.1, -0.05) is 13.8 Å². The molecule has 0 saturated carbocycles. The van der Waals surface area contributed by atoms with Gasteiger partial charge in [0.15, 0.2) is 0 Å². The van der Waals surface area contributed by atoms with Crippen molar-refractivity contribution >= 4 is 21.6 Å². The Balaban J connectivity index is 1.54. The maximum atomic E-state index is 12.6. The number of ether oxygens (including phenoxy) is 1. The lowest BCUT2D eigenvalue weighted by atomic mass is 9.92. The average molecular weight is 446 g/mol. The number of rotatable bonds is 8. The lowest BCUT2D eigenvalue weighted by Gasteiger charge is -2.34. The molecule has 8 heteroatoms. The van der Waals surface area contributed by atoms with Gasteiger partial charge >= 0.3 is 0 Å². The normalized spacial score (nSPS) is 19.6. The number of methoxy groups -OCH3 is 1. The smallest absolute Gasteiger partial charge is 0.261 e. The van der Waals surface area contributed by atoms with E-state index in [-0.39, 0.29) is 10.8 Å². The molecule has 2 N–H and O–H groups in total. The van der Waals surface area contributed by atoms with Crippen LogP contribution in [-0.4, -0.2) is 52.5 Å². The fourth-order valence-electron chi connectivity index (χ4n) is 4.06. The first-order valence-electron chi connectivity index (χ1n) is 10.5. The van der Waals surface area contributed by atoms with E-state index < -0.39 is 10.0 Å². The second kappa shape index (κ2) is 10.2. The van der Waals surface area contributed by atoms with E-state index in [0.717, 1.165) is 19.6 Å². The van der Waals surface area contributed by atoms with Gasteiger partial charge in [0, 0.05) is 37.4 Å². The Bertz CT molecular complexity index is 965. The van der Waals surface area contributed by atoms with E-state index >= 15 is 0 Å². The standard InChI is InChI=1S/C23H31N3O4S/c1-17-14-18(2)16-26(15-17)13-12-24-23(27)19-4-10-22(11-5-19)31(28,29)25-20-6-8-21(30-3)9-7-20/h4-11,17-18,25H,12-16H2,1-3H3,(H,24,27)/t17-,18-/m1/s1. The number of benzene rings is 2. The number of sulfonamides is 1. The number of amides is 1. The van der Waals surface area contributed by atoms with Crippen LogP contribution in [0.3, 0.4) is 0 Å². The van der Waals surface area contributed by atoms with Crippen molar-refractivity contribution in [3.05, 3.63) is 54.1 Å². The number of hydrogen-bond acceptors (Lipinski definition) is 5. The zero-order valence-corrected chi connectivity index (χ0v) is 19.1. The predicted molar refractivity (Wildman–Crippen MR) is 122 cm³/mol. The fraction of sp³-hybridized carbons (Fsp3) is 0.435. The molecular formula is C23H31N3O4S. The maximum Gasteiger partial charge on any atom is 0.261 e. The molecule has 2 aromatic rings. The van der Waals surface area contributed by atoms with Crippen LogP contribution < -0.4 is 14.8 Å². The van der Waals surface area contributed by atoms with E-state index in [1.807, 2.05) is 0 Å². The highest BCUT2D eigenvalue weighted by Gasteiger charge is 2.21. The van der Waals surface area contributed by atoms with Crippen molar-refractivity contribution in [3.8, 4) is 5.75 Å². The number of nitrogens with one attached hydrogen (secondary N) is 2. The summed E-state index contributed by atoms with van der Waals surface area (Å²) in [7, 11) is -2.20. The van der Waals surface area contributed by atoms with Gasteiger partial charge in [-0.3, -0.25) is 9.52 Å². The van der Waals surface area contributed by atoms with Crippen molar-refractivity contribution in [2.45, 2.75) is 25.2 Å². The van der Waals surface area contributed by atoms with Gasteiger partial charge in [0.2, 0.25) is 0 Å². The van der Waals surface area contributed by atoms with E-state index in [9.17, 15) is 13.2 Å². The molecule has 1 saturated heterocycles. The fourth-order valence-corrected chi connectivity index (χ4v) is 5.12. The molecule has 1 fully saturated rings. The Morgan fingerprint density at radius 1 is 1.03 bits per heavy atom. The van der Waals surface area contributed by atoms with Crippen molar-refractivity contribution in [2.75, 3.05) is 38.0 Å². The Morgan fingerprint density at radius 3 is 2.23 bits per heavy atom. The quantitative estimate of drug-likeness (QED) is 0.652. The summed E-state index contributed by atoms with van der Waals surface area (Å²) >= 11 is 0. The molecule has 3 rings (SSSR count). The summed E-state index contributed by atoms with van der Waals surface area (Å²) < 4.78 is 32.8. The first kappa shape index (κ1) is 23.1. The SMILES string of the molecule is COc1ccc(NS(=O)(=O)c2ccc(C(=O)NCCN3C[C@H](C)C[C@@H](C)C3)cc2)cc1. The highest BCUT2D eigenvalue weighted by atomic mass is 32.2. The van der Waals surface area contributed by atoms with E-state index in [0.29, 0.717) is 35.4 Å². The largest absolute Gasteiger partial charge is 0.497 e. The first-order chi connectivity index (χ1) is 14.8. The Labute approximate surface area is 184 Å². The molecule has 7 nitrogen and oxygen atoms in total. The van der Waals surface area contributed by atoms with Gasteiger partial charge in [-0.2, -0.15) is 0 Å². The number of anilines is 1. The summed E-state index contributed by atoms with van der Waals surface area (Å²) in [4.78, 5) is 14.9. The number of nitrogens with zero attached hydrogens (tertiary/aromatic N) is 1. The zero-order chi connectivity index (χ0) is 22.4. The van der Waals surface area contributed by atoms with E-state index in [4.69, 9.17) is 4.74 Å². The van der Waals surface area contributed by atoms with Gasteiger partial charge in [-0.05, 0) is 66.8 Å². The second-order valence-electron chi connectivity index (χ2n) is 8.32. The van der Waals surface area contributed by atoms with Crippen LogP contribution in [0.1, 0.15) is 30.6 Å². The summed E-state index contributed by atoms with van der Waals surface area (Å²) in [6, 6.07) is 12.5. The lowest BCUT2D eigenvalue weighted by Crippen LogP contribution is -2.42. The van der Waals surface area contributed by atoms with Crippen molar-refractivity contribution in [1.29, 1.82) is 0 Å².